The SMILES string of the molecule is Cn1c(SCC(=O)N/N=C/c2ccc(Cl)c([N+](=O)[O-])c2)nc2ccccc21. The highest BCUT2D eigenvalue weighted by atomic mass is 35.5. The van der Waals surface area contributed by atoms with Gasteiger partial charge in [-0.15, -0.1) is 0 Å². The molecule has 3 aromatic rings. The third kappa shape index (κ3) is 4.44. The Morgan fingerprint density at radius 1 is 1.41 bits per heavy atom. The van der Waals surface area contributed by atoms with Crippen LogP contribution in [0.4, 0.5) is 5.69 Å². The lowest BCUT2D eigenvalue weighted by Gasteiger charge is -2.01. The van der Waals surface area contributed by atoms with Crippen LogP contribution >= 0.6 is 23.4 Å². The molecule has 1 amide bonds. The van der Waals surface area contributed by atoms with Crippen LogP contribution in [0.15, 0.2) is 52.7 Å². The molecule has 8 nitrogen and oxygen atoms in total. The van der Waals surface area contributed by atoms with Crippen LogP contribution in [-0.4, -0.2) is 32.3 Å². The molecule has 0 saturated heterocycles. The average Bonchev–Trinajstić information content (AvgIpc) is 2.97. The zero-order valence-electron chi connectivity index (χ0n) is 14.1. The fraction of sp³-hybridized carbons (Fsp3) is 0.118. The van der Waals surface area contributed by atoms with E-state index in [-0.39, 0.29) is 22.4 Å². The van der Waals surface area contributed by atoms with Gasteiger partial charge in [-0.2, -0.15) is 5.10 Å². The molecule has 3 rings (SSSR count). The van der Waals surface area contributed by atoms with E-state index in [1.54, 1.807) is 6.07 Å². The van der Waals surface area contributed by atoms with Gasteiger partial charge in [0.15, 0.2) is 5.16 Å². The van der Waals surface area contributed by atoms with Crippen molar-refractivity contribution in [1.29, 1.82) is 0 Å². The van der Waals surface area contributed by atoms with Gasteiger partial charge in [0.2, 0.25) is 0 Å². The number of aromatic nitrogens is 2. The first kappa shape index (κ1) is 18.9. The molecule has 27 heavy (non-hydrogen) atoms. The number of nitrogens with one attached hydrogen (secondary N) is 1. The van der Waals surface area contributed by atoms with Crippen molar-refractivity contribution in [1.82, 2.24) is 15.0 Å². The minimum atomic E-state index is -0.578. The first-order valence-corrected chi connectivity index (χ1v) is 9.12. The Balaban J connectivity index is 1.58. The Morgan fingerprint density at radius 3 is 2.93 bits per heavy atom. The number of benzene rings is 2. The molecule has 0 aliphatic rings. The maximum Gasteiger partial charge on any atom is 0.288 e. The first-order valence-electron chi connectivity index (χ1n) is 7.76. The maximum atomic E-state index is 12.0. The third-order valence-electron chi connectivity index (χ3n) is 3.65. The number of thioether (sulfide) groups is 1. The minimum absolute atomic E-state index is 0.0417. The molecular weight excluding hydrogens is 390 g/mol. The molecule has 0 saturated carbocycles. The maximum absolute atomic E-state index is 12.0. The summed E-state index contributed by atoms with van der Waals surface area (Å²) in [6, 6.07) is 12.0. The summed E-state index contributed by atoms with van der Waals surface area (Å²) in [6.07, 6.45) is 1.32. The minimum Gasteiger partial charge on any atom is -0.322 e. The van der Waals surface area contributed by atoms with Gasteiger partial charge >= 0.3 is 0 Å². The number of nitro benzene ring substituents is 1. The summed E-state index contributed by atoms with van der Waals surface area (Å²) in [5, 5.41) is 15.4. The monoisotopic (exact) mass is 403 g/mol. The summed E-state index contributed by atoms with van der Waals surface area (Å²) < 4.78 is 1.92. The lowest BCUT2D eigenvalue weighted by Crippen LogP contribution is -2.19. The van der Waals surface area contributed by atoms with Gasteiger partial charge in [0.05, 0.1) is 27.9 Å². The van der Waals surface area contributed by atoms with E-state index in [9.17, 15) is 14.9 Å². The fourth-order valence-corrected chi connectivity index (χ4v) is 3.31. The molecule has 0 spiro atoms. The van der Waals surface area contributed by atoms with Crippen molar-refractivity contribution in [3.05, 3.63) is 63.2 Å². The van der Waals surface area contributed by atoms with Crippen LogP contribution in [0.1, 0.15) is 5.56 Å². The number of nitrogens with zero attached hydrogens (tertiary/aromatic N) is 4. The van der Waals surface area contributed by atoms with Crippen LogP contribution in [0, 0.1) is 10.1 Å². The molecule has 1 N–H and O–H groups in total. The number of fused-ring (bicyclic) bond motifs is 1. The lowest BCUT2D eigenvalue weighted by atomic mass is 10.2. The Kier molecular flexibility index (Phi) is 5.72. The first-order chi connectivity index (χ1) is 13.0. The molecular formula is C17H14ClN5O3S. The number of hydrazone groups is 1. The Labute approximate surface area is 163 Å². The van der Waals surface area contributed by atoms with Crippen LogP contribution in [-0.2, 0) is 11.8 Å². The van der Waals surface area contributed by atoms with E-state index in [1.807, 2.05) is 35.9 Å². The number of para-hydroxylation sites is 2. The van der Waals surface area contributed by atoms with E-state index in [4.69, 9.17) is 11.6 Å². The van der Waals surface area contributed by atoms with Gasteiger partial charge in [-0.3, -0.25) is 14.9 Å². The number of halogens is 1. The molecule has 0 atom stereocenters. The number of aryl methyl sites for hydroxylation is 1. The van der Waals surface area contributed by atoms with E-state index in [1.165, 1.54) is 30.1 Å². The van der Waals surface area contributed by atoms with E-state index in [2.05, 4.69) is 15.5 Å². The number of imidazole rings is 1. The Hall–Kier alpha value is -2.91. The number of hydrogen-bond donors (Lipinski definition) is 1. The van der Waals surface area contributed by atoms with E-state index < -0.39 is 4.92 Å². The van der Waals surface area contributed by atoms with Gasteiger partial charge in [-0.05, 0) is 18.2 Å². The van der Waals surface area contributed by atoms with Crippen molar-refractivity contribution >= 4 is 52.2 Å². The lowest BCUT2D eigenvalue weighted by molar-refractivity contribution is -0.384. The molecule has 0 aliphatic heterocycles. The smallest absolute Gasteiger partial charge is 0.288 e. The van der Waals surface area contributed by atoms with Crippen molar-refractivity contribution in [2.24, 2.45) is 12.1 Å². The second kappa shape index (κ2) is 8.19. The number of nitro groups is 1. The Morgan fingerprint density at radius 2 is 2.19 bits per heavy atom. The van der Waals surface area contributed by atoms with Crippen molar-refractivity contribution in [2.75, 3.05) is 5.75 Å². The van der Waals surface area contributed by atoms with E-state index >= 15 is 0 Å². The highest BCUT2D eigenvalue weighted by Gasteiger charge is 2.12. The second-order valence-electron chi connectivity index (χ2n) is 5.49. The third-order valence-corrected chi connectivity index (χ3v) is 5.00. The molecule has 0 fully saturated rings. The van der Waals surface area contributed by atoms with E-state index in [0.29, 0.717) is 5.56 Å². The molecule has 0 unspecified atom stereocenters. The predicted molar refractivity (Wildman–Crippen MR) is 105 cm³/mol. The largest absolute Gasteiger partial charge is 0.322 e. The summed E-state index contributed by atoms with van der Waals surface area (Å²) in [5.41, 5.74) is 4.48. The van der Waals surface area contributed by atoms with Crippen molar-refractivity contribution < 1.29 is 9.72 Å². The Bertz CT molecular complexity index is 1050. The quantitative estimate of drug-likeness (QED) is 0.294. The van der Waals surface area contributed by atoms with Crippen LogP contribution in [0.3, 0.4) is 0 Å². The van der Waals surface area contributed by atoms with Crippen molar-refractivity contribution in [3.63, 3.8) is 0 Å². The molecule has 1 aromatic heterocycles. The highest BCUT2D eigenvalue weighted by Crippen LogP contribution is 2.24. The van der Waals surface area contributed by atoms with Gasteiger partial charge < -0.3 is 4.57 Å². The van der Waals surface area contributed by atoms with Gasteiger partial charge in [0.25, 0.3) is 11.6 Å². The van der Waals surface area contributed by atoms with Crippen LogP contribution in [0.25, 0.3) is 11.0 Å². The molecule has 0 aliphatic carbocycles. The zero-order chi connectivity index (χ0) is 19.4. The van der Waals surface area contributed by atoms with Gasteiger partial charge in [0, 0.05) is 18.7 Å². The molecule has 2 aromatic carbocycles. The summed E-state index contributed by atoms with van der Waals surface area (Å²) in [4.78, 5) is 26.7. The second-order valence-corrected chi connectivity index (χ2v) is 6.84. The molecule has 0 bridgehead atoms. The number of carbonyl (C=O) groups is 1. The van der Waals surface area contributed by atoms with Gasteiger partial charge in [-0.1, -0.05) is 41.6 Å². The standard InChI is InChI=1S/C17H14ClN5O3S/c1-22-14-5-3-2-4-13(14)20-17(22)27-10-16(24)21-19-9-11-6-7-12(18)15(8-11)23(25)26/h2-9H,10H2,1H3,(H,21,24)/b19-9+. The molecule has 138 valence electrons. The molecule has 0 radical (unpaired) electrons. The molecule has 10 heteroatoms. The summed E-state index contributed by atoms with van der Waals surface area (Å²) in [7, 11) is 1.89. The van der Waals surface area contributed by atoms with Gasteiger partial charge in [0.1, 0.15) is 5.02 Å². The zero-order valence-corrected chi connectivity index (χ0v) is 15.7. The summed E-state index contributed by atoms with van der Waals surface area (Å²) in [6.45, 7) is 0. The fourth-order valence-electron chi connectivity index (χ4n) is 2.34. The van der Waals surface area contributed by atoms with Crippen LogP contribution in [0.2, 0.25) is 5.02 Å². The number of carbonyl (C=O) groups excluding carboxylic acids is 1. The van der Waals surface area contributed by atoms with E-state index in [0.717, 1.165) is 16.2 Å². The van der Waals surface area contributed by atoms with Crippen LogP contribution in [0.5, 0.6) is 0 Å². The van der Waals surface area contributed by atoms with Crippen molar-refractivity contribution in [2.45, 2.75) is 5.16 Å². The normalized spacial score (nSPS) is 11.2. The number of hydrogen-bond acceptors (Lipinski definition) is 6. The highest BCUT2D eigenvalue weighted by molar-refractivity contribution is 7.99. The summed E-state index contributed by atoms with van der Waals surface area (Å²) in [5.74, 6) is -0.179. The number of rotatable bonds is 6. The topological polar surface area (TPSA) is 102 Å². The predicted octanol–water partition coefficient (Wildman–Crippen LogP) is 3.38. The van der Waals surface area contributed by atoms with Gasteiger partial charge in [-0.25, -0.2) is 10.4 Å². The summed E-state index contributed by atoms with van der Waals surface area (Å²) >= 11 is 7.05. The van der Waals surface area contributed by atoms with Crippen molar-refractivity contribution in [3.8, 4) is 0 Å². The number of amides is 1. The van der Waals surface area contributed by atoms with Crippen LogP contribution < -0.4 is 5.43 Å². The average molecular weight is 404 g/mol. The molecule has 1 heterocycles.